The van der Waals surface area contributed by atoms with Gasteiger partial charge in [-0.3, -0.25) is 9.36 Å². The molecule has 3 aromatic carbocycles. The molecule has 0 fully saturated rings. The van der Waals surface area contributed by atoms with E-state index < -0.39 is 22.7 Å². The molecule has 2 heterocycles. The second-order valence-corrected chi connectivity index (χ2v) is 13.1. The first-order valence-corrected chi connectivity index (χ1v) is 16.8. The van der Waals surface area contributed by atoms with E-state index in [0.717, 1.165) is 0 Å². The zero-order valence-corrected chi connectivity index (χ0v) is 28.5. The van der Waals surface area contributed by atoms with Crippen LogP contribution in [0.2, 0.25) is 0 Å². The van der Waals surface area contributed by atoms with E-state index in [2.05, 4.69) is 4.98 Å². The number of nitrogens with zero attached hydrogens (tertiary/aromatic N) is 3. The van der Waals surface area contributed by atoms with Crippen LogP contribution in [0.1, 0.15) is 48.8 Å². The number of carbonyl (C=O) groups excluding carboxylic acids is 1. The molecule has 1 atom stereocenters. The Kier molecular flexibility index (Phi) is 10.5. The van der Waals surface area contributed by atoms with Gasteiger partial charge in [-0.05, 0) is 49.2 Å². The van der Waals surface area contributed by atoms with Crippen molar-refractivity contribution in [3.05, 3.63) is 89.0 Å². The van der Waals surface area contributed by atoms with Crippen molar-refractivity contribution in [1.82, 2.24) is 13.9 Å². The number of sulfonamides is 1. The summed E-state index contributed by atoms with van der Waals surface area (Å²) in [6.07, 6.45) is 3.97. The molecule has 14 heteroatoms. The molecular weight excluding hydrogens is 654 g/mol. The van der Waals surface area contributed by atoms with Gasteiger partial charge in [0.2, 0.25) is 13.2 Å². The van der Waals surface area contributed by atoms with Crippen LogP contribution in [0.4, 0.5) is 0 Å². The van der Waals surface area contributed by atoms with Crippen molar-refractivity contribution < 1.29 is 46.8 Å². The number of hydrogen-bond acceptors (Lipinski definition) is 10. The van der Waals surface area contributed by atoms with Crippen LogP contribution in [-0.2, 0) is 26.0 Å². The lowest BCUT2D eigenvalue weighted by Crippen LogP contribution is -2.34. The van der Waals surface area contributed by atoms with Crippen molar-refractivity contribution in [2.24, 2.45) is 0 Å². The number of hydrogen-bond donors (Lipinski definition) is 1. The van der Waals surface area contributed by atoms with Gasteiger partial charge in [-0.1, -0.05) is 32.0 Å². The summed E-state index contributed by atoms with van der Waals surface area (Å²) < 4.78 is 57.1. The largest absolute Gasteiger partial charge is 0.497 e. The Hall–Kier alpha value is -5.50. The number of aryl methyl sites for hydroxylation is 1. The van der Waals surface area contributed by atoms with Crippen molar-refractivity contribution in [1.29, 1.82) is 0 Å². The number of rotatable bonds is 15. The molecular formula is C35H37N3O10S. The third-order valence-electron chi connectivity index (χ3n) is 8.18. The normalized spacial score (nSPS) is 13.1. The van der Waals surface area contributed by atoms with E-state index in [1.54, 1.807) is 66.2 Å². The molecule has 0 saturated carbocycles. The smallest absolute Gasteiger partial charge is 0.331 e. The van der Waals surface area contributed by atoms with Crippen LogP contribution in [-0.4, -0.2) is 67.5 Å². The quantitative estimate of drug-likeness (QED) is 0.0976. The van der Waals surface area contributed by atoms with Crippen LogP contribution in [0, 0.1) is 6.92 Å². The molecule has 0 saturated heterocycles. The summed E-state index contributed by atoms with van der Waals surface area (Å²) >= 11 is 0. The number of aromatic nitrogens is 2. The molecule has 0 spiro atoms. The Morgan fingerprint density at radius 3 is 2.47 bits per heavy atom. The molecule has 1 N–H and O–H groups in total. The summed E-state index contributed by atoms with van der Waals surface area (Å²) in [5.41, 5.74) is 1.91. The zero-order valence-electron chi connectivity index (χ0n) is 27.7. The van der Waals surface area contributed by atoms with Gasteiger partial charge in [-0.2, -0.15) is 0 Å². The van der Waals surface area contributed by atoms with Gasteiger partial charge in [0.1, 0.15) is 23.1 Å². The number of carbonyl (C=O) groups is 2. The lowest BCUT2D eigenvalue weighted by molar-refractivity contribution is -0.132. The first-order valence-electron chi connectivity index (χ1n) is 15.3. The fourth-order valence-corrected chi connectivity index (χ4v) is 6.61. The van der Waals surface area contributed by atoms with Gasteiger partial charge in [0.05, 0.1) is 36.7 Å². The molecule has 0 aliphatic carbocycles. The molecule has 1 aromatic heterocycles. The number of aliphatic carboxylic acids is 1. The van der Waals surface area contributed by atoms with Crippen LogP contribution >= 0.6 is 0 Å². The second kappa shape index (κ2) is 14.7. The average molecular weight is 692 g/mol. The van der Waals surface area contributed by atoms with Crippen LogP contribution in [0.3, 0.4) is 0 Å². The number of methoxy groups -OCH3 is 2. The van der Waals surface area contributed by atoms with Gasteiger partial charge in [-0.15, -0.1) is 0 Å². The van der Waals surface area contributed by atoms with Gasteiger partial charge < -0.3 is 28.8 Å². The number of ether oxygens (including phenoxy) is 5. The molecule has 13 nitrogen and oxygen atoms in total. The topological polar surface area (TPSA) is 156 Å². The highest BCUT2D eigenvalue weighted by atomic mass is 32.2. The lowest BCUT2D eigenvalue weighted by atomic mass is 10.0. The van der Waals surface area contributed by atoms with E-state index in [4.69, 9.17) is 23.7 Å². The molecule has 1 aliphatic rings. The van der Waals surface area contributed by atoms with Gasteiger partial charge >= 0.3 is 5.97 Å². The lowest BCUT2D eigenvalue weighted by Gasteiger charge is -2.22. The Labute approximate surface area is 284 Å². The Balaban J connectivity index is 1.58. The average Bonchev–Trinajstić information content (AvgIpc) is 3.74. The number of benzene rings is 3. The molecule has 1 unspecified atom stereocenters. The van der Waals surface area contributed by atoms with E-state index in [1.807, 2.05) is 13.8 Å². The number of amides is 1. The van der Waals surface area contributed by atoms with Crippen LogP contribution in [0.25, 0.3) is 11.8 Å². The van der Waals surface area contributed by atoms with Crippen molar-refractivity contribution in [3.63, 3.8) is 0 Å². The van der Waals surface area contributed by atoms with Gasteiger partial charge in [0.15, 0.2) is 18.2 Å². The second-order valence-electron chi connectivity index (χ2n) is 11.2. The highest BCUT2D eigenvalue weighted by Crippen LogP contribution is 2.39. The fourth-order valence-electron chi connectivity index (χ4n) is 5.32. The van der Waals surface area contributed by atoms with E-state index >= 15 is 0 Å². The van der Waals surface area contributed by atoms with E-state index in [0.29, 0.717) is 62.1 Å². The van der Waals surface area contributed by atoms with Gasteiger partial charge in [0.25, 0.3) is 10.0 Å². The van der Waals surface area contributed by atoms with Crippen molar-refractivity contribution >= 4 is 28.5 Å². The van der Waals surface area contributed by atoms with Crippen LogP contribution < -0.4 is 23.7 Å². The number of imidazole rings is 1. The molecule has 4 aromatic rings. The standard InChI is InChI=1S/C35H37N3O10S/c1-6-22(2)34-36-18-26(14-25(35(40)41)13-24-15-31-32(48-21-47-31)17-29(24)45-5)38(34)28-12-11-27(44-4)16-30(28)46-20-37(19-39)49(42,43)33-10-8-7-9-23(33)3/h7-12,14-19,22H,6,13,20-21H2,1-5H3,(H,40,41). The van der Waals surface area contributed by atoms with E-state index in [9.17, 15) is 23.1 Å². The Morgan fingerprint density at radius 1 is 1.08 bits per heavy atom. The highest BCUT2D eigenvalue weighted by Gasteiger charge is 2.27. The fraction of sp³-hybridized carbons (Fsp3) is 0.286. The minimum Gasteiger partial charge on any atom is -0.497 e. The molecule has 0 radical (unpaired) electrons. The van der Waals surface area contributed by atoms with Crippen molar-refractivity contribution in [2.45, 2.75) is 44.4 Å². The summed E-state index contributed by atoms with van der Waals surface area (Å²) in [7, 11) is -1.29. The molecule has 1 aliphatic heterocycles. The molecule has 5 rings (SSSR count). The SMILES string of the molecule is CCC(C)c1ncc(C=C(Cc2cc3c(cc2OC)OCO3)C(=O)O)n1-c1ccc(OC)cc1OCN(C=O)S(=O)(=O)c1ccccc1C. The molecule has 258 valence electrons. The summed E-state index contributed by atoms with van der Waals surface area (Å²) in [6.45, 7) is 5.01. The number of fused-ring (bicyclic) bond motifs is 1. The first kappa shape index (κ1) is 34.8. The zero-order chi connectivity index (χ0) is 35.3. The summed E-state index contributed by atoms with van der Waals surface area (Å²) in [6, 6.07) is 14.6. The van der Waals surface area contributed by atoms with Gasteiger partial charge in [-0.25, -0.2) is 22.5 Å². The maximum absolute atomic E-state index is 13.4. The minimum absolute atomic E-state index is 0.0178. The molecule has 49 heavy (non-hydrogen) atoms. The number of carboxylic acid groups (broad SMARTS) is 1. The van der Waals surface area contributed by atoms with E-state index in [-0.39, 0.29) is 41.8 Å². The maximum atomic E-state index is 13.4. The molecule has 0 bridgehead atoms. The summed E-state index contributed by atoms with van der Waals surface area (Å²) in [5, 5.41) is 10.3. The molecule has 1 amide bonds. The van der Waals surface area contributed by atoms with Crippen LogP contribution in [0.5, 0.6) is 28.7 Å². The predicted molar refractivity (Wildman–Crippen MR) is 179 cm³/mol. The van der Waals surface area contributed by atoms with Crippen LogP contribution in [0.15, 0.2) is 71.3 Å². The monoisotopic (exact) mass is 691 g/mol. The van der Waals surface area contributed by atoms with Crippen molar-refractivity contribution in [3.8, 4) is 34.4 Å². The maximum Gasteiger partial charge on any atom is 0.331 e. The van der Waals surface area contributed by atoms with Gasteiger partial charge in [0, 0.05) is 35.6 Å². The van der Waals surface area contributed by atoms with E-state index in [1.165, 1.54) is 26.4 Å². The Morgan fingerprint density at radius 2 is 1.82 bits per heavy atom. The summed E-state index contributed by atoms with van der Waals surface area (Å²) in [5.74, 6) is 1.37. The third-order valence-corrected chi connectivity index (χ3v) is 10.00. The Bertz CT molecular complexity index is 2000. The third kappa shape index (κ3) is 7.18. The van der Waals surface area contributed by atoms with Crippen molar-refractivity contribution in [2.75, 3.05) is 27.7 Å². The minimum atomic E-state index is -4.24. The summed E-state index contributed by atoms with van der Waals surface area (Å²) in [4.78, 5) is 29.4. The predicted octanol–water partition coefficient (Wildman–Crippen LogP) is 5.33. The highest BCUT2D eigenvalue weighted by molar-refractivity contribution is 7.89. The number of carboxylic acids is 1. The first-order chi connectivity index (χ1) is 23.5.